The van der Waals surface area contributed by atoms with Crippen molar-refractivity contribution >= 4 is 11.8 Å². The van der Waals surface area contributed by atoms with E-state index in [1.54, 1.807) is 0 Å². The molecule has 0 amide bonds. The van der Waals surface area contributed by atoms with Gasteiger partial charge in [0.15, 0.2) is 0 Å². The molecular weight excluding hydrogens is 286 g/mol. The summed E-state index contributed by atoms with van der Waals surface area (Å²) in [4.78, 5) is 11.6. The van der Waals surface area contributed by atoms with Crippen LogP contribution in [0.4, 0.5) is 11.8 Å². The summed E-state index contributed by atoms with van der Waals surface area (Å²) in [6, 6.07) is 2.55. The third-order valence-corrected chi connectivity index (χ3v) is 6.75. The van der Waals surface area contributed by atoms with E-state index in [1.165, 1.54) is 12.8 Å². The number of rotatable bonds is 3. The summed E-state index contributed by atoms with van der Waals surface area (Å²) < 4.78 is 0. The van der Waals surface area contributed by atoms with Crippen molar-refractivity contribution in [1.82, 2.24) is 15.3 Å². The van der Waals surface area contributed by atoms with Crippen molar-refractivity contribution in [2.75, 3.05) is 36.4 Å². The molecule has 1 aromatic heterocycles. The molecule has 2 heterocycles. The van der Waals surface area contributed by atoms with Gasteiger partial charge in [-0.2, -0.15) is 4.98 Å². The lowest BCUT2D eigenvalue weighted by Gasteiger charge is -2.62. The van der Waals surface area contributed by atoms with Crippen LogP contribution in [0.3, 0.4) is 0 Å². The minimum atomic E-state index is 0.519. The van der Waals surface area contributed by atoms with Crippen LogP contribution in [0.15, 0.2) is 12.3 Å². The highest BCUT2D eigenvalue weighted by Gasteiger charge is 2.56. The van der Waals surface area contributed by atoms with E-state index in [0.717, 1.165) is 49.8 Å². The second kappa shape index (κ2) is 5.62. The Kier molecular flexibility index (Phi) is 3.71. The van der Waals surface area contributed by atoms with E-state index in [2.05, 4.69) is 41.3 Å². The molecule has 0 aromatic carbocycles. The van der Waals surface area contributed by atoms with E-state index >= 15 is 0 Å². The fourth-order valence-electron chi connectivity index (χ4n) is 5.00. The first kappa shape index (κ1) is 15.2. The lowest BCUT2D eigenvalue weighted by molar-refractivity contribution is -0.105. The molecule has 5 nitrogen and oxygen atoms in total. The van der Waals surface area contributed by atoms with Crippen LogP contribution in [-0.2, 0) is 0 Å². The first-order valence-electron chi connectivity index (χ1n) is 9.11. The number of nitrogens with one attached hydrogen (secondary N) is 2. The molecule has 4 fully saturated rings. The first-order valence-corrected chi connectivity index (χ1v) is 9.11. The lowest BCUT2D eigenvalue weighted by Crippen LogP contribution is -2.58. The number of nitrogens with zero attached hydrogens (tertiary/aromatic N) is 3. The van der Waals surface area contributed by atoms with E-state index in [1.807, 2.05) is 12.3 Å². The number of hydrogen-bond acceptors (Lipinski definition) is 5. The van der Waals surface area contributed by atoms with Gasteiger partial charge in [0.1, 0.15) is 5.82 Å². The van der Waals surface area contributed by atoms with Gasteiger partial charge in [-0.15, -0.1) is 0 Å². The topological polar surface area (TPSA) is 53.1 Å². The summed E-state index contributed by atoms with van der Waals surface area (Å²) in [5, 5.41) is 7.03. The number of aromatic nitrogens is 2. The molecule has 0 radical (unpaired) electrons. The van der Waals surface area contributed by atoms with Gasteiger partial charge >= 0.3 is 0 Å². The molecule has 5 rings (SSSR count). The molecule has 2 bridgehead atoms. The zero-order chi connectivity index (χ0) is 16.0. The van der Waals surface area contributed by atoms with Crippen molar-refractivity contribution in [2.45, 2.75) is 39.7 Å². The molecule has 126 valence electrons. The highest BCUT2D eigenvalue weighted by Crippen LogP contribution is 2.61. The quantitative estimate of drug-likeness (QED) is 0.897. The Morgan fingerprint density at radius 3 is 2.74 bits per heavy atom. The maximum Gasteiger partial charge on any atom is 0.224 e. The molecule has 1 saturated heterocycles. The average molecular weight is 315 g/mol. The highest BCUT2D eigenvalue weighted by molar-refractivity contribution is 5.43. The summed E-state index contributed by atoms with van der Waals surface area (Å²) in [7, 11) is 0. The Labute approximate surface area is 139 Å². The largest absolute Gasteiger partial charge is 0.354 e. The number of anilines is 2. The standard InChI is InChI=1S/C18H29N5/c1-12-14-10-13(18(14,2)3)11-15(12)21-17-20-5-4-16(22-17)23-8-6-19-7-9-23/h4-5,12-15,19H,6-11H2,1-3H3,(H,20,21,22)/t12-,13-,14+,15+/m1/s1. The SMILES string of the molecule is C[C@H]1[C@@H](Nc2nccc(N3CCNCC3)n2)C[C@H]2C[C@@H]1C2(C)C. The summed E-state index contributed by atoms with van der Waals surface area (Å²) in [6.07, 6.45) is 4.56. The maximum atomic E-state index is 4.78. The maximum absolute atomic E-state index is 4.78. The monoisotopic (exact) mass is 315 g/mol. The Bertz CT molecular complexity index is 566. The molecule has 5 heteroatoms. The Morgan fingerprint density at radius 1 is 1.26 bits per heavy atom. The van der Waals surface area contributed by atoms with Gasteiger partial charge in [-0.3, -0.25) is 0 Å². The van der Waals surface area contributed by atoms with Crippen molar-refractivity contribution in [3.8, 4) is 0 Å². The molecule has 0 unspecified atom stereocenters. The second-order valence-electron chi connectivity index (χ2n) is 8.18. The van der Waals surface area contributed by atoms with Crippen LogP contribution in [0.1, 0.15) is 33.6 Å². The highest BCUT2D eigenvalue weighted by atomic mass is 15.3. The van der Waals surface area contributed by atoms with Crippen LogP contribution >= 0.6 is 0 Å². The van der Waals surface area contributed by atoms with Gasteiger partial charge in [-0.25, -0.2) is 4.98 Å². The molecule has 4 aliphatic rings. The molecular formula is C18H29N5. The first-order chi connectivity index (χ1) is 11.1. The van der Waals surface area contributed by atoms with Crippen molar-refractivity contribution in [3.05, 3.63) is 12.3 Å². The van der Waals surface area contributed by atoms with E-state index < -0.39 is 0 Å². The number of piperazine rings is 1. The normalized spacial score (nSPS) is 35.5. The lowest BCUT2D eigenvalue weighted by atomic mass is 9.45. The van der Waals surface area contributed by atoms with Crippen LogP contribution in [0.2, 0.25) is 0 Å². The van der Waals surface area contributed by atoms with Gasteiger partial charge < -0.3 is 15.5 Å². The molecule has 1 aromatic rings. The molecule has 2 N–H and O–H groups in total. The minimum absolute atomic E-state index is 0.519. The summed E-state index contributed by atoms with van der Waals surface area (Å²) in [5.41, 5.74) is 0.529. The van der Waals surface area contributed by atoms with Crippen molar-refractivity contribution in [1.29, 1.82) is 0 Å². The average Bonchev–Trinajstić information content (AvgIpc) is 2.57. The van der Waals surface area contributed by atoms with Crippen LogP contribution < -0.4 is 15.5 Å². The van der Waals surface area contributed by atoms with E-state index in [4.69, 9.17) is 4.98 Å². The van der Waals surface area contributed by atoms with Crippen LogP contribution in [-0.4, -0.2) is 42.2 Å². The van der Waals surface area contributed by atoms with E-state index in [9.17, 15) is 0 Å². The Balaban J connectivity index is 1.45. The smallest absolute Gasteiger partial charge is 0.224 e. The summed E-state index contributed by atoms with van der Waals surface area (Å²) in [6.45, 7) is 11.4. The van der Waals surface area contributed by atoms with Gasteiger partial charge in [-0.1, -0.05) is 20.8 Å². The molecule has 3 aliphatic carbocycles. The number of hydrogen-bond donors (Lipinski definition) is 2. The zero-order valence-corrected chi connectivity index (χ0v) is 14.5. The third-order valence-electron chi connectivity index (χ3n) is 6.75. The van der Waals surface area contributed by atoms with Crippen LogP contribution in [0.5, 0.6) is 0 Å². The fraction of sp³-hybridized carbons (Fsp3) is 0.778. The van der Waals surface area contributed by atoms with Crippen LogP contribution in [0.25, 0.3) is 0 Å². The molecule has 3 saturated carbocycles. The van der Waals surface area contributed by atoms with Gasteiger partial charge in [0, 0.05) is 38.4 Å². The minimum Gasteiger partial charge on any atom is -0.354 e. The van der Waals surface area contributed by atoms with E-state index in [-0.39, 0.29) is 0 Å². The second-order valence-corrected chi connectivity index (χ2v) is 8.18. The molecule has 1 aliphatic heterocycles. The van der Waals surface area contributed by atoms with E-state index in [0.29, 0.717) is 17.4 Å². The Morgan fingerprint density at radius 2 is 2.04 bits per heavy atom. The van der Waals surface area contributed by atoms with Crippen molar-refractivity contribution < 1.29 is 0 Å². The Hall–Kier alpha value is -1.36. The predicted molar refractivity (Wildman–Crippen MR) is 93.7 cm³/mol. The molecule has 4 atom stereocenters. The molecule has 0 spiro atoms. The third kappa shape index (κ3) is 2.59. The van der Waals surface area contributed by atoms with Gasteiger partial charge in [0.05, 0.1) is 0 Å². The zero-order valence-electron chi connectivity index (χ0n) is 14.5. The number of fused-ring (bicyclic) bond motifs is 2. The van der Waals surface area contributed by atoms with Gasteiger partial charge in [0.25, 0.3) is 0 Å². The van der Waals surface area contributed by atoms with Gasteiger partial charge in [-0.05, 0) is 42.1 Å². The van der Waals surface area contributed by atoms with Gasteiger partial charge in [0.2, 0.25) is 5.95 Å². The van der Waals surface area contributed by atoms with Crippen molar-refractivity contribution in [2.24, 2.45) is 23.2 Å². The fourth-order valence-corrected chi connectivity index (χ4v) is 5.00. The van der Waals surface area contributed by atoms with Crippen LogP contribution in [0, 0.1) is 23.2 Å². The summed E-state index contributed by atoms with van der Waals surface area (Å²) >= 11 is 0. The molecule has 23 heavy (non-hydrogen) atoms. The summed E-state index contributed by atoms with van der Waals surface area (Å²) in [5.74, 6) is 4.25. The van der Waals surface area contributed by atoms with Crippen molar-refractivity contribution in [3.63, 3.8) is 0 Å². The predicted octanol–water partition coefficient (Wildman–Crippen LogP) is 2.37.